The molecule has 0 saturated carbocycles. The van der Waals surface area contributed by atoms with E-state index in [0.29, 0.717) is 17.5 Å². The number of hydrogen-bond donors (Lipinski definition) is 0. The van der Waals surface area contributed by atoms with Gasteiger partial charge in [-0.1, -0.05) is 141 Å². The molecule has 2 heterocycles. The Hall–Kier alpha value is -6.00. The third kappa shape index (κ3) is 4.44. The molecular weight excluding hydrogens is 573 g/mol. The van der Waals surface area contributed by atoms with Gasteiger partial charge in [-0.05, 0) is 45.8 Å². The Bertz CT molecular complexity index is 2410. The fourth-order valence-electron chi connectivity index (χ4n) is 7.08. The lowest BCUT2D eigenvalue weighted by Gasteiger charge is -2.22. The van der Waals surface area contributed by atoms with Crippen molar-refractivity contribution in [3.05, 3.63) is 157 Å². The number of nitrogens with zero attached hydrogens (tertiary/aromatic N) is 4. The molecule has 0 atom stereocenters. The van der Waals surface area contributed by atoms with Crippen LogP contribution in [0.1, 0.15) is 25.0 Å². The van der Waals surface area contributed by atoms with Crippen LogP contribution in [-0.2, 0) is 5.41 Å². The minimum Gasteiger partial charge on any atom is -0.247 e. The molecule has 2 aromatic heterocycles. The molecule has 0 amide bonds. The lowest BCUT2D eigenvalue weighted by molar-refractivity contribution is 0.661. The Balaban J connectivity index is 1.20. The zero-order chi connectivity index (χ0) is 31.5. The number of hydrogen-bond acceptors (Lipinski definition) is 4. The van der Waals surface area contributed by atoms with Crippen LogP contribution in [0.3, 0.4) is 0 Å². The molecule has 0 N–H and O–H groups in total. The number of fused-ring (bicyclic) bond motifs is 6. The molecule has 0 spiro atoms. The highest BCUT2D eigenvalue weighted by Crippen LogP contribution is 2.51. The number of pyridine rings is 1. The van der Waals surface area contributed by atoms with Crippen LogP contribution < -0.4 is 0 Å². The predicted molar refractivity (Wildman–Crippen MR) is 192 cm³/mol. The first-order chi connectivity index (χ1) is 23.0. The van der Waals surface area contributed by atoms with Gasteiger partial charge in [-0.15, -0.1) is 0 Å². The maximum Gasteiger partial charge on any atom is 0.164 e. The minimum atomic E-state index is -0.0987. The molecule has 6 aromatic carbocycles. The SMILES string of the molecule is CC1(C)c2ccccc2-c2cc3c(cc21)c(-c1ccc(-c2nc(-c4ccccc4)nc(-c4ccccc4)n2)cc1)nc1ccccc13. The van der Waals surface area contributed by atoms with Crippen LogP contribution in [0.15, 0.2) is 146 Å². The van der Waals surface area contributed by atoms with E-state index in [0.717, 1.165) is 38.9 Å². The van der Waals surface area contributed by atoms with Crippen molar-refractivity contribution in [3.8, 4) is 56.5 Å². The summed E-state index contributed by atoms with van der Waals surface area (Å²) in [5.41, 5.74) is 11.1. The third-order valence-electron chi connectivity index (χ3n) is 9.52. The quantitative estimate of drug-likeness (QED) is 0.188. The Morgan fingerprint density at radius 1 is 0.383 bits per heavy atom. The van der Waals surface area contributed by atoms with Crippen molar-refractivity contribution in [1.29, 1.82) is 0 Å². The van der Waals surface area contributed by atoms with E-state index >= 15 is 0 Å². The van der Waals surface area contributed by atoms with E-state index in [4.69, 9.17) is 19.9 Å². The van der Waals surface area contributed by atoms with Crippen molar-refractivity contribution in [3.63, 3.8) is 0 Å². The van der Waals surface area contributed by atoms with Gasteiger partial charge in [0.05, 0.1) is 11.2 Å². The molecule has 1 aliphatic rings. The molecule has 9 rings (SSSR count). The summed E-state index contributed by atoms with van der Waals surface area (Å²) in [5.74, 6) is 1.94. The minimum absolute atomic E-state index is 0.0987. The van der Waals surface area contributed by atoms with Crippen LogP contribution in [0.25, 0.3) is 78.2 Å². The summed E-state index contributed by atoms with van der Waals surface area (Å²) in [5, 5.41) is 3.55. The van der Waals surface area contributed by atoms with Crippen molar-refractivity contribution in [2.24, 2.45) is 0 Å². The fraction of sp³-hybridized carbons (Fsp3) is 0.0698. The van der Waals surface area contributed by atoms with Crippen molar-refractivity contribution in [2.45, 2.75) is 19.3 Å². The van der Waals surface area contributed by atoms with Gasteiger partial charge in [-0.2, -0.15) is 0 Å². The molecular formula is C43H30N4. The van der Waals surface area contributed by atoms with Gasteiger partial charge in [0, 0.05) is 38.4 Å². The number of aromatic nitrogens is 4. The van der Waals surface area contributed by atoms with E-state index in [9.17, 15) is 0 Å². The molecule has 4 nitrogen and oxygen atoms in total. The average molecular weight is 603 g/mol. The summed E-state index contributed by atoms with van der Waals surface area (Å²) in [7, 11) is 0. The van der Waals surface area contributed by atoms with Crippen LogP contribution >= 0.6 is 0 Å². The highest BCUT2D eigenvalue weighted by atomic mass is 15.0. The summed E-state index contributed by atoms with van der Waals surface area (Å²) in [6.07, 6.45) is 0. The lowest BCUT2D eigenvalue weighted by Crippen LogP contribution is -2.14. The molecule has 222 valence electrons. The first-order valence-electron chi connectivity index (χ1n) is 16.0. The summed E-state index contributed by atoms with van der Waals surface area (Å²) < 4.78 is 0. The van der Waals surface area contributed by atoms with Crippen LogP contribution in [0.4, 0.5) is 0 Å². The number of rotatable bonds is 4. The summed E-state index contributed by atoms with van der Waals surface area (Å²) >= 11 is 0. The van der Waals surface area contributed by atoms with Gasteiger partial charge in [0.25, 0.3) is 0 Å². The summed E-state index contributed by atoms with van der Waals surface area (Å²) in [6, 6.07) is 50.7. The van der Waals surface area contributed by atoms with Gasteiger partial charge in [0.15, 0.2) is 17.5 Å². The van der Waals surface area contributed by atoms with E-state index < -0.39 is 0 Å². The average Bonchev–Trinajstić information content (AvgIpc) is 3.36. The standard InChI is InChI=1S/C43H30N4/c1-43(2)36-19-11-9-17-31(36)34-25-33-32-18-10-12-20-38(32)44-39(35(33)26-37(34)43)27-21-23-30(24-22-27)42-46-40(28-13-5-3-6-14-28)45-41(47-42)29-15-7-4-8-16-29/h3-26H,1-2H3. The largest absolute Gasteiger partial charge is 0.247 e. The topological polar surface area (TPSA) is 51.6 Å². The number of benzene rings is 6. The number of para-hydroxylation sites is 1. The van der Waals surface area contributed by atoms with Crippen molar-refractivity contribution < 1.29 is 0 Å². The van der Waals surface area contributed by atoms with Crippen molar-refractivity contribution in [1.82, 2.24) is 19.9 Å². The fourth-order valence-corrected chi connectivity index (χ4v) is 7.08. The molecule has 0 bridgehead atoms. The first-order valence-corrected chi connectivity index (χ1v) is 16.0. The Labute approximate surface area is 273 Å². The van der Waals surface area contributed by atoms with Crippen molar-refractivity contribution >= 4 is 21.7 Å². The van der Waals surface area contributed by atoms with Gasteiger partial charge < -0.3 is 0 Å². The van der Waals surface area contributed by atoms with E-state index in [-0.39, 0.29) is 5.41 Å². The smallest absolute Gasteiger partial charge is 0.164 e. The van der Waals surface area contributed by atoms with Crippen LogP contribution in [0.2, 0.25) is 0 Å². The maximum absolute atomic E-state index is 5.26. The molecule has 4 heteroatoms. The van der Waals surface area contributed by atoms with Gasteiger partial charge >= 0.3 is 0 Å². The Kier molecular flexibility index (Phi) is 6.12. The monoisotopic (exact) mass is 602 g/mol. The molecule has 0 radical (unpaired) electrons. The molecule has 0 saturated heterocycles. The van der Waals surface area contributed by atoms with Crippen LogP contribution in [0, 0.1) is 0 Å². The highest BCUT2D eigenvalue weighted by molar-refractivity contribution is 6.13. The molecule has 8 aromatic rings. The predicted octanol–water partition coefficient (Wildman–Crippen LogP) is 10.5. The van der Waals surface area contributed by atoms with Gasteiger partial charge in [0.1, 0.15) is 0 Å². The zero-order valence-corrected chi connectivity index (χ0v) is 26.1. The van der Waals surface area contributed by atoms with E-state index in [2.05, 4.69) is 98.8 Å². The second-order valence-electron chi connectivity index (χ2n) is 12.7. The molecule has 1 aliphatic carbocycles. The van der Waals surface area contributed by atoms with Crippen LogP contribution in [0.5, 0.6) is 0 Å². The maximum atomic E-state index is 5.26. The second-order valence-corrected chi connectivity index (χ2v) is 12.7. The van der Waals surface area contributed by atoms with E-state index in [1.807, 2.05) is 60.7 Å². The van der Waals surface area contributed by atoms with E-state index in [1.165, 1.54) is 33.0 Å². The Morgan fingerprint density at radius 3 is 1.57 bits per heavy atom. The third-order valence-corrected chi connectivity index (χ3v) is 9.52. The van der Waals surface area contributed by atoms with Crippen molar-refractivity contribution in [2.75, 3.05) is 0 Å². The first kappa shape index (κ1) is 27.3. The van der Waals surface area contributed by atoms with Gasteiger partial charge in [-0.3, -0.25) is 0 Å². The summed E-state index contributed by atoms with van der Waals surface area (Å²) in [4.78, 5) is 20.0. The summed E-state index contributed by atoms with van der Waals surface area (Å²) in [6.45, 7) is 4.66. The normalized spacial score (nSPS) is 13.1. The second kappa shape index (κ2) is 10.5. The van der Waals surface area contributed by atoms with Gasteiger partial charge in [0.2, 0.25) is 0 Å². The Morgan fingerprint density at radius 2 is 0.915 bits per heavy atom. The molecule has 0 fully saturated rings. The molecule has 0 aliphatic heterocycles. The highest BCUT2D eigenvalue weighted by Gasteiger charge is 2.35. The van der Waals surface area contributed by atoms with Crippen LogP contribution in [-0.4, -0.2) is 19.9 Å². The lowest BCUT2D eigenvalue weighted by atomic mass is 9.81. The van der Waals surface area contributed by atoms with Gasteiger partial charge in [-0.25, -0.2) is 19.9 Å². The molecule has 0 unspecified atom stereocenters. The molecule has 47 heavy (non-hydrogen) atoms. The zero-order valence-electron chi connectivity index (χ0n) is 26.1. The van der Waals surface area contributed by atoms with E-state index in [1.54, 1.807) is 0 Å².